The van der Waals surface area contributed by atoms with Crippen molar-refractivity contribution in [1.82, 2.24) is 10.2 Å². The fourth-order valence-electron chi connectivity index (χ4n) is 3.40. The summed E-state index contributed by atoms with van der Waals surface area (Å²) >= 11 is 0. The molecular weight excluding hydrogens is 254 g/mol. The van der Waals surface area contributed by atoms with E-state index in [1.54, 1.807) is 0 Å². The molecule has 5 heteroatoms. The number of carbonyl (C=O) groups excluding carboxylic acids is 1. The first-order chi connectivity index (χ1) is 9.30. The highest BCUT2D eigenvalue weighted by atomic mass is 16.6. The van der Waals surface area contributed by atoms with Crippen molar-refractivity contribution in [1.29, 1.82) is 0 Å². The molecule has 2 saturated heterocycles. The SMILES string of the molecule is CC(CN)NC1CC2CCC(C1)N2C(=O)OC(C)(C)C. The Kier molecular flexibility index (Phi) is 4.59. The smallest absolute Gasteiger partial charge is 0.410 e. The average molecular weight is 283 g/mol. The molecule has 3 unspecified atom stereocenters. The summed E-state index contributed by atoms with van der Waals surface area (Å²) in [4.78, 5) is 14.3. The number of hydrogen-bond donors (Lipinski definition) is 2. The van der Waals surface area contributed by atoms with Gasteiger partial charge in [-0.05, 0) is 53.4 Å². The maximum atomic E-state index is 12.3. The summed E-state index contributed by atoms with van der Waals surface area (Å²) in [7, 11) is 0. The van der Waals surface area contributed by atoms with Gasteiger partial charge in [-0.15, -0.1) is 0 Å². The van der Waals surface area contributed by atoms with Crippen LogP contribution in [0.25, 0.3) is 0 Å². The molecular formula is C15H29N3O2. The fourth-order valence-corrected chi connectivity index (χ4v) is 3.40. The summed E-state index contributed by atoms with van der Waals surface area (Å²) in [6.45, 7) is 8.53. The van der Waals surface area contributed by atoms with Crippen molar-refractivity contribution in [2.45, 2.75) is 83.1 Å². The normalized spacial score (nSPS) is 31.2. The number of nitrogens with two attached hydrogens (primary N) is 1. The first-order valence-electron chi connectivity index (χ1n) is 7.77. The number of carbonyl (C=O) groups is 1. The highest BCUT2D eigenvalue weighted by Crippen LogP contribution is 2.36. The molecule has 2 aliphatic heterocycles. The molecule has 20 heavy (non-hydrogen) atoms. The zero-order chi connectivity index (χ0) is 14.9. The minimum atomic E-state index is -0.417. The summed E-state index contributed by atoms with van der Waals surface area (Å²) in [5.74, 6) is 0. The Balaban J connectivity index is 1.95. The van der Waals surface area contributed by atoms with Crippen molar-refractivity contribution >= 4 is 6.09 Å². The van der Waals surface area contributed by atoms with E-state index >= 15 is 0 Å². The summed E-state index contributed by atoms with van der Waals surface area (Å²) in [6, 6.07) is 1.47. The van der Waals surface area contributed by atoms with Gasteiger partial charge in [0.1, 0.15) is 5.60 Å². The van der Waals surface area contributed by atoms with E-state index < -0.39 is 5.60 Å². The highest BCUT2D eigenvalue weighted by Gasteiger charge is 2.44. The van der Waals surface area contributed by atoms with E-state index in [-0.39, 0.29) is 6.09 Å². The molecule has 0 spiro atoms. The number of piperidine rings is 1. The fraction of sp³-hybridized carbons (Fsp3) is 0.933. The zero-order valence-corrected chi connectivity index (χ0v) is 13.2. The maximum absolute atomic E-state index is 12.3. The lowest BCUT2D eigenvalue weighted by atomic mass is 9.97. The predicted octanol–water partition coefficient (Wildman–Crippen LogP) is 1.85. The molecule has 0 saturated carbocycles. The third-order valence-electron chi connectivity index (χ3n) is 4.21. The second kappa shape index (κ2) is 5.90. The molecule has 0 radical (unpaired) electrons. The van der Waals surface area contributed by atoms with E-state index in [9.17, 15) is 4.79 Å². The van der Waals surface area contributed by atoms with Crippen molar-refractivity contribution in [3.8, 4) is 0 Å². The molecule has 0 aromatic heterocycles. The van der Waals surface area contributed by atoms with Gasteiger partial charge in [0, 0.05) is 30.7 Å². The molecule has 2 fully saturated rings. The van der Waals surface area contributed by atoms with Crippen LogP contribution >= 0.6 is 0 Å². The molecule has 5 nitrogen and oxygen atoms in total. The summed E-state index contributed by atoms with van der Waals surface area (Å²) in [5, 5.41) is 3.57. The second-order valence-electron chi connectivity index (χ2n) is 7.24. The molecule has 2 bridgehead atoms. The number of hydrogen-bond acceptors (Lipinski definition) is 4. The van der Waals surface area contributed by atoms with Gasteiger partial charge in [0.2, 0.25) is 0 Å². The van der Waals surface area contributed by atoms with Gasteiger partial charge >= 0.3 is 6.09 Å². The highest BCUT2D eigenvalue weighted by molar-refractivity contribution is 5.69. The maximum Gasteiger partial charge on any atom is 0.410 e. The molecule has 1 amide bonds. The van der Waals surface area contributed by atoms with Crippen LogP contribution in [-0.4, -0.2) is 47.3 Å². The Bertz CT molecular complexity index is 340. The van der Waals surface area contributed by atoms with Crippen LogP contribution in [0.2, 0.25) is 0 Å². The minimum Gasteiger partial charge on any atom is -0.444 e. The van der Waals surface area contributed by atoms with Gasteiger partial charge in [0.25, 0.3) is 0 Å². The largest absolute Gasteiger partial charge is 0.444 e. The Hall–Kier alpha value is -0.810. The number of nitrogens with zero attached hydrogens (tertiary/aromatic N) is 1. The number of amides is 1. The molecule has 2 rings (SSSR count). The Morgan fingerprint density at radius 1 is 1.35 bits per heavy atom. The lowest BCUT2D eigenvalue weighted by Crippen LogP contribution is -2.54. The zero-order valence-electron chi connectivity index (χ0n) is 13.2. The van der Waals surface area contributed by atoms with E-state index in [2.05, 4.69) is 12.2 Å². The molecule has 0 aromatic rings. The summed E-state index contributed by atoms with van der Waals surface area (Å²) < 4.78 is 5.54. The van der Waals surface area contributed by atoms with Crippen molar-refractivity contribution in [3.63, 3.8) is 0 Å². The van der Waals surface area contributed by atoms with Crippen molar-refractivity contribution in [3.05, 3.63) is 0 Å². The Morgan fingerprint density at radius 3 is 2.35 bits per heavy atom. The molecule has 2 aliphatic rings. The monoisotopic (exact) mass is 283 g/mol. The van der Waals surface area contributed by atoms with Crippen LogP contribution in [0.1, 0.15) is 53.4 Å². The van der Waals surface area contributed by atoms with Gasteiger partial charge < -0.3 is 20.7 Å². The van der Waals surface area contributed by atoms with Gasteiger partial charge in [0.05, 0.1) is 0 Å². The summed E-state index contributed by atoms with van der Waals surface area (Å²) in [5.41, 5.74) is 5.26. The van der Waals surface area contributed by atoms with Gasteiger partial charge in [-0.25, -0.2) is 4.79 Å². The van der Waals surface area contributed by atoms with Crippen molar-refractivity contribution in [2.75, 3.05) is 6.54 Å². The number of ether oxygens (including phenoxy) is 1. The average Bonchev–Trinajstić information content (AvgIpc) is 2.59. The van der Waals surface area contributed by atoms with Crippen LogP contribution in [0.4, 0.5) is 4.79 Å². The van der Waals surface area contributed by atoms with Gasteiger partial charge in [-0.2, -0.15) is 0 Å². The quantitative estimate of drug-likeness (QED) is 0.829. The van der Waals surface area contributed by atoms with E-state index in [1.807, 2.05) is 25.7 Å². The van der Waals surface area contributed by atoms with Gasteiger partial charge in [-0.1, -0.05) is 0 Å². The standard InChI is InChI=1S/C15H29N3O2/c1-10(9-16)17-11-7-12-5-6-13(8-11)18(12)14(19)20-15(2,3)4/h10-13,17H,5-9,16H2,1-4H3. The Labute approximate surface area is 122 Å². The molecule has 0 aliphatic carbocycles. The second-order valence-corrected chi connectivity index (χ2v) is 7.24. The topological polar surface area (TPSA) is 67.6 Å². The minimum absolute atomic E-state index is 0.143. The van der Waals surface area contributed by atoms with Crippen LogP contribution in [0, 0.1) is 0 Å². The molecule has 2 heterocycles. The first-order valence-corrected chi connectivity index (χ1v) is 7.77. The first kappa shape index (κ1) is 15.6. The summed E-state index contributed by atoms with van der Waals surface area (Å²) in [6.07, 6.45) is 4.08. The lowest BCUT2D eigenvalue weighted by Gasteiger charge is -2.40. The van der Waals surface area contributed by atoms with Crippen molar-refractivity contribution in [2.24, 2.45) is 5.73 Å². The van der Waals surface area contributed by atoms with E-state index in [0.717, 1.165) is 25.7 Å². The lowest BCUT2D eigenvalue weighted by molar-refractivity contribution is 0.00441. The van der Waals surface area contributed by atoms with E-state index in [0.29, 0.717) is 30.7 Å². The van der Waals surface area contributed by atoms with Crippen LogP contribution in [-0.2, 0) is 4.74 Å². The predicted molar refractivity (Wildman–Crippen MR) is 79.6 cm³/mol. The van der Waals surface area contributed by atoms with Crippen LogP contribution < -0.4 is 11.1 Å². The molecule has 3 N–H and O–H groups in total. The third-order valence-corrected chi connectivity index (χ3v) is 4.21. The molecule has 116 valence electrons. The van der Waals surface area contributed by atoms with E-state index in [1.165, 1.54) is 0 Å². The van der Waals surface area contributed by atoms with Crippen LogP contribution in [0.15, 0.2) is 0 Å². The number of nitrogens with one attached hydrogen (secondary N) is 1. The molecule has 0 aromatic carbocycles. The number of rotatable bonds is 3. The van der Waals surface area contributed by atoms with Crippen LogP contribution in [0.5, 0.6) is 0 Å². The third kappa shape index (κ3) is 3.64. The van der Waals surface area contributed by atoms with E-state index in [4.69, 9.17) is 10.5 Å². The number of fused-ring (bicyclic) bond motifs is 2. The van der Waals surface area contributed by atoms with Crippen molar-refractivity contribution < 1.29 is 9.53 Å². The van der Waals surface area contributed by atoms with Gasteiger partial charge in [-0.3, -0.25) is 0 Å². The molecule has 3 atom stereocenters. The Morgan fingerprint density at radius 2 is 1.90 bits per heavy atom. The van der Waals surface area contributed by atoms with Gasteiger partial charge in [0.15, 0.2) is 0 Å². The van der Waals surface area contributed by atoms with Crippen LogP contribution in [0.3, 0.4) is 0 Å².